The second kappa shape index (κ2) is 5.39. The van der Waals surface area contributed by atoms with E-state index in [4.69, 9.17) is 5.73 Å². The van der Waals surface area contributed by atoms with Crippen molar-refractivity contribution in [1.29, 1.82) is 0 Å². The van der Waals surface area contributed by atoms with Gasteiger partial charge in [0.15, 0.2) is 0 Å². The first kappa shape index (κ1) is 13.3. The number of rotatable bonds is 2. The number of hydrogen-bond acceptors (Lipinski definition) is 1. The molecule has 3 aromatic rings. The van der Waals surface area contributed by atoms with Gasteiger partial charge in [0.25, 0.3) is 0 Å². The van der Waals surface area contributed by atoms with Crippen LogP contribution in [-0.4, -0.2) is 0 Å². The van der Waals surface area contributed by atoms with E-state index < -0.39 is 0 Å². The molecule has 2 heteroatoms. The van der Waals surface area contributed by atoms with Crippen molar-refractivity contribution < 1.29 is 0 Å². The number of aryl methyl sites for hydroxylation is 1. The molecule has 0 aliphatic rings. The minimum absolute atomic E-state index is 0.112. The lowest BCUT2D eigenvalue weighted by molar-refractivity contribution is 0.869. The van der Waals surface area contributed by atoms with Gasteiger partial charge in [-0.15, -0.1) is 0 Å². The topological polar surface area (TPSA) is 26.0 Å². The van der Waals surface area contributed by atoms with Crippen LogP contribution < -0.4 is 5.73 Å². The summed E-state index contributed by atoms with van der Waals surface area (Å²) in [6.07, 6.45) is 0. The molecule has 0 amide bonds. The molecule has 0 aromatic heterocycles. The highest BCUT2D eigenvalue weighted by Gasteiger charge is 2.14. The van der Waals surface area contributed by atoms with Gasteiger partial charge in [-0.2, -0.15) is 0 Å². The Kier molecular flexibility index (Phi) is 3.60. The van der Waals surface area contributed by atoms with Gasteiger partial charge in [-0.3, -0.25) is 0 Å². The summed E-state index contributed by atoms with van der Waals surface area (Å²) in [6, 6.07) is 20.8. The van der Waals surface area contributed by atoms with Crippen molar-refractivity contribution in [3.05, 3.63) is 81.8 Å². The molecule has 20 heavy (non-hydrogen) atoms. The predicted molar refractivity (Wildman–Crippen MR) is 88.9 cm³/mol. The number of fused-ring (bicyclic) bond motifs is 1. The van der Waals surface area contributed by atoms with Gasteiger partial charge in [0.1, 0.15) is 0 Å². The van der Waals surface area contributed by atoms with Crippen molar-refractivity contribution in [2.24, 2.45) is 5.73 Å². The van der Waals surface area contributed by atoms with Crippen LogP contribution in [0.15, 0.2) is 65.1 Å². The van der Waals surface area contributed by atoms with Crippen molar-refractivity contribution >= 4 is 26.7 Å². The molecular formula is C18H16BrN. The zero-order chi connectivity index (χ0) is 14.1. The first-order valence-electron chi connectivity index (χ1n) is 6.66. The first-order valence-corrected chi connectivity index (χ1v) is 7.45. The molecule has 100 valence electrons. The van der Waals surface area contributed by atoms with Gasteiger partial charge in [-0.05, 0) is 46.5 Å². The molecule has 3 rings (SSSR count). The van der Waals surface area contributed by atoms with E-state index in [-0.39, 0.29) is 6.04 Å². The molecule has 0 saturated heterocycles. The summed E-state index contributed by atoms with van der Waals surface area (Å²) < 4.78 is 1.06. The molecule has 0 fully saturated rings. The lowest BCUT2D eigenvalue weighted by Gasteiger charge is -2.18. The van der Waals surface area contributed by atoms with E-state index in [1.807, 2.05) is 0 Å². The predicted octanol–water partition coefficient (Wildman–Crippen LogP) is 4.96. The largest absolute Gasteiger partial charge is 0.320 e. The SMILES string of the molecule is Cc1ccc(Br)cc1C(N)c1cccc2ccccc12. The number of benzene rings is 3. The molecule has 1 atom stereocenters. The third-order valence-electron chi connectivity index (χ3n) is 3.73. The number of nitrogens with two attached hydrogens (primary N) is 1. The molecule has 0 heterocycles. The van der Waals surface area contributed by atoms with E-state index in [1.54, 1.807) is 0 Å². The summed E-state index contributed by atoms with van der Waals surface area (Å²) in [5.41, 5.74) is 10.1. The Morgan fingerprint density at radius 3 is 2.50 bits per heavy atom. The fraction of sp³-hybridized carbons (Fsp3) is 0.111. The molecule has 3 aromatic carbocycles. The zero-order valence-corrected chi connectivity index (χ0v) is 12.9. The lowest BCUT2D eigenvalue weighted by atomic mass is 9.92. The maximum Gasteiger partial charge on any atom is 0.0560 e. The summed E-state index contributed by atoms with van der Waals surface area (Å²) >= 11 is 3.53. The van der Waals surface area contributed by atoms with Gasteiger partial charge < -0.3 is 5.73 Å². The first-order chi connectivity index (χ1) is 9.66. The summed E-state index contributed by atoms with van der Waals surface area (Å²) in [5.74, 6) is 0. The highest BCUT2D eigenvalue weighted by Crippen LogP contribution is 2.30. The second-order valence-electron chi connectivity index (χ2n) is 5.05. The van der Waals surface area contributed by atoms with E-state index in [1.165, 1.54) is 21.9 Å². The summed E-state index contributed by atoms with van der Waals surface area (Å²) in [4.78, 5) is 0. The molecule has 0 saturated carbocycles. The maximum atomic E-state index is 6.53. The van der Waals surface area contributed by atoms with E-state index in [9.17, 15) is 0 Å². The molecule has 0 bridgehead atoms. The van der Waals surface area contributed by atoms with Crippen LogP contribution >= 0.6 is 15.9 Å². The Balaban J connectivity index is 2.17. The molecule has 0 spiro atoms. The fourth-order valence-electron chi connectivity index (χ4n) is 2.64. The zero-order valence-electron chi connectivity index (χ0n) is 11.3. The second-order valence-corrected chi connectivity index (χ2v) is 5.96. The molecule has 0 aliphatic heterocycles. The Morgan fingerprint density at radius 1 is 0.900 bits per heavy atom. The smallest absolute Gasteiger partial charge is 0.0560 e. The van der Waals surface area contributed by atoms with Crippen molar-refractivity contribution in [3.63, 3.8) is 0 Å². The standard InChI is InChI=1S/C18H16BrN/c1-12-9-10-14(19)11-17(12)18(20)16-8-4-6-13-5-2-3-7-15(13)16/h2-11,18H,20H2,1H3. The summed E-state index contributed by atoms with van der Waals surface area (Å²) in [5, 5.41) is 2.45. The maximum absolute atomic E-state index is 6.53. The Morgan fingerprint density at radius 2 is 1.65 bits per heavy atom. The average molecular weight is 326 g/mol. The molecule has 1 nitrogen and oxygen atoms in total. The minimum atomic E-state index is -0.112. The number of hydrogen-bond donors (Lipinski definition) is 1. The van der Waals surface area contributed by atoms with Gasteiger partial charge >= 0.3 is 0 Å². The van der Waals surface area contributed by atoms with Gasteiger partial charge in [0, 0.05) is 4.47 Å². The molecule has 1 unspecified atom stereocenters. The van der Waals surface area contributed by atoms with E-state index in [0.29, 0.717) is 0 Å². The molecule has 2 N–H and O–H groups in total. The monoisotopic (exact) mass is 325 g/mol. The highest BCUT2D eigenvalue weighted by atomic mass is 79.9. The van der Waals surface area contributed by atoms with Crippen LogP contribution in [0.1, 0.15) is 22.7 Å². The van der Waals surface area contributed by atoms with Crippen LogP contribution in [0.2, 0.25) is 0 Å². The van der Waals surface area contributed by atoms with Crippen LogP contribution in [0.25, 0.3) is 10.8 Å². The van der Waals surface area contributed by atoms with E-state index in [0.717, 1.165) is 10.0 Å². The van der Waals surface area contributed by atoms with Crippen molar-refractivity contribution in [3.8, 4) is 0 Å². The third kappa shape index (κ3) is 2.37. The van der Waals surface area contributed by atoms with E-state index >= 15 is 0 Å². The van der Waals surface area contributed by atoms with Crippen molar-refractivity contribution in [2.45, 2.75) is 13.0 Å². The van der Waals surface area contributed by atoms with Crippen LogP contribution in [0.5, 0.6) is 0 Å². The Bertz CT molecular complexity index is 759. The summed E-state index contributed by atoms with van der Waals surface area (Å²) in [6.45, 7) is 2.10. The van der Waals surface area contributed by atoms with Gasteiger partial charge in [-0.25, -0.2) is 0 Å². The Labute approximate surface area is 127 Å². The van der Waals surface area contributed by atoms with Gasteiger partial charge in [0.2, 0.25) is 0 Å². The quantitative estimate of drug-likeness (QED) is 0.708. The molecule has 0 aliphatic carbocycles. The van der Waals surface area contributed by atoms with E-state index in [2.05, 4.69) is 83.5 Å². The Hall–Kier alpha value is -1.64. The average Bonchev–Trinajstić information content (AvgIpc) is 2.48. The van der Waals surface area contributed by atoms with Crippen LogP contribution in [0.3, 0.4) is 0 Å². The van der Waals surface area contributed by atoms with Crippen LogP contribution in [-0.2, 0) is 0 Å². The van der Waals surface area contributed by atoms with Crippen molar-refractivity contribution in [1.82, 2.24) is 0 Å². The molecular weight excluding hydrogens is 310 g/mol. The fourth-order valence-corrected chi connectivity index (χ4v) is 3.01. The summed E-state index contributed by atoms with van der Waals surface area (Å²) in [7, 11) is 0. The van der Waals surface area contributed by atoms with Crippen molar-refractivity contribution in [2.75, 3.05) is 0 Å². The lowest BCUT2D eigenvalue weighted by Crippen LogP contribution is -2.13. The van der Waals surface area contributed by atoms with Crippen LogP contribution in [0.4, 0.5) is 0 Å². The highest BCUT2D eigenvalue weighted by molar-refractivity contribution is 9.10. The van der Waals surface area contributed by atoms with Crippen LogP contribution in [0, 0.1) is 6.92 Å². The molecule has 0 radical (unpaired) electrons. The normalized spacial score (nSPS) is 12.6. The number of halogens is 1. The van der Waals surface area contributed by atoms with Gasteiger partial charge in [-0.1, -0.05) is 64.5 Å². The minimum Gasteiger partial charge on any atom is -0.320 e. The van der Waals surface area contributed by atoms with Gasteiger partial charge in [0.05, 0.1) is 6.04 Å². The third-order valence-corrected chi connectivity index (χ3v) is 4.23.